The smallest absolute Gasteiger partial charge is 0.235 e. The van der Waals surface area contributed by atoms with Gasteiger partial charge in [0.05, 0.1) is 33.5 Å². The molecule has 0 fully saturated rings. The molecule has 0 aliphatic carbocycles. The van der Waals surface area contributed by atoms with E-state index in [4.69, 9.17) is 14.4 Å². The molecule has 4 heterocycles. The zero-order valence-electron chi connectivity index (χ0n) is 27.4. The maximum atomic E-state index is 6.51. The average molecular weight is 653 g/mol. The fraction of sp³-hybridized carbons (Fsp3) is 0. The summed E-state index contributed by atoms with van der Waals surface area (Å²) in [5.41, 5.74) is 10.8. The van der Waals surface area contributed by atoms with Crippen molar-refractivity contribution in [2.45, 2.75) is 0 Å². The molecule has 0 radical (unpaired) electrons. The minimum absolute atomic E-state index is 0.608. The molecule has 4 aromatic heterocycles. The van der Waals surface area contributed by atoms with Gasteiger partial charge in [-0.2, -0.15) is 0 Å². The molecule has 0 saturated heterocycles. The van der Waals surface area contributed by atoms with Crippen LogP contribution >= 0.6 is 0 Å². The molecule has 0 aliphatic heterocycles. The SMILES string of the molecule is c1ccc(-c2cc(-c3cccc4c3oc3ccccc34)nc(-n3c4ccccc4c4cc5c(cc43)c3ccccc3n5-c3ccccc3)n2)cc1. The Labute approximate surface area is 292 Å². The molecule has 0 saturated carbocycles. The van der Waals surface area contributed by atoms with Gasteiger partial charge in [-0.05, 0) is 54.6 Å². The quantitative estimate of drug-likeness (QED) is 0.190. The average Bonchev–Trinajstić information content (AvgIpc) is 3.85. The Morgan fingerprint density at radius 2 is 0.961 bits per heavy atom. The van der Waals surface area contributed by atoms with Crippen LogP contribution in [0.15, 0.2) is 174 Å². The Bertz CT molecular complexity index is 3130. The lowest BCUT2D eigenvalue weighted by Gasteiger charge is -2.12. The molecule has 0 atom stereocenters. The van der Waals surface area contributed by atoms with E-state index in [2.05, 4.69) is 161 Å². The van der Waals surface area contributed by atoms with Crippen LogP contribution in [0.3, 0.4) is 0 Å². The first-order valence-corrected chi connectivity index (χ1v) is 17.2. The van der Waals surface area contributed by atoms with E-state index in [1.165, 1.54) is 16.3 Å². The number of benzene rings is 7. The number of aromatic nitrogens is 4. The second kappa shape index (κ2) is 10.8. The van der Waals surface area contributed by atoms with Crippen LogP contribution in [0.1, 0.15) is 0 Å². The molecule has 7 aromatic carbocycles. The molecule has 238 valence electrons. The van der Waals surface area contributed by atoms with Crippen LogP contribution in [0.2, 0.25) is 0 Å². The fourth-order valence-corrected chi connectivity index (χ4v) is 7.88. The van der Waals surface area contributed by atoms with Crippen LogP contribution in [0.4, 0.5) is 0 Å². The highest BCUT2D eigenvalue weighted by molar-refractivity contribution is 6.19. The number of nitrogens with zero attached hydrogens (tertiary/aromatic N) is 4. The van der Waals surface area contributed by atoms with Gasteiger partial charge in [0.15, 0.2) is 0 Å². The molecular formula is C46H28N4O. The predicted molar refractivity (Wildman–Crippen MR) is 209 cm³/mol. The largest absolute Gasteiger partial charge is 0.455 e. The van der Waals surface area contributed by atoms with Crippen LogP contribution in [0, 0.1) is 0 Å². The van der Waals surface area contributed by atoms with E-state index in [9.17, 15) is 0 Å². The molecule has 0 amide bonds. The Morgan fingerprint density at radius 3 is 1.71 bits per heavy atom. The molecule has 0 aliphatic rings. The third-order valence-electron chi connectivity index (χ3n) is 10.1. The van der Waals surface area contributed by atoms with Gasteiger partial charge in [0, 0.05) is 49.1 Å². The summed E-state index contributed by atoms with van der Waals surface area (Å²) in [6.07, 6.45) is 0. The zero-order valence-corrected chi connectivity index (χ0v) is 27.4. The van der Waals surface area contributed by atoms with Crippen molar-refractivity contribution >= 4 is 65.6 Å². The van der Waals surface area contributed by atoms with Crippen molar-refractivity contribution in [3.8, 4) is 34.2 Å². The molecule has 5 nitrogen and oxygen atoms in total. The molecule has 11 aromatic rings. The van der Waals surface area contributed by atoms with Gasteiger partial charge in [0.25, 0.3) is 0 Å². The van der Waals surface area contributed by atoms with Gasteiger partial charge in [-0.25, -0.2) is 9.97 Å². The molecule has 0 N–H and O–H groups in total. The van der Waals surface area contributed by atoms with Crippen molar-refractivity contribution < 1.29 is 4.42 Å². The topological polar surface area (TPSA) is 48.8 Å². The van der Waals surface area contributed by atoms with Crippen molar-refractivity contribution in [1.82, 2.24) is 19.1 Å². The monoisotopic (exact) mass is 652 g/mol. The molecule has 5 heteroatoms. The van der Waals surface area contributed by atoms with Crippen molar-refractivity contribution in [1.29, 1.82) is 0 Å². The Kier molecular flexibility index (Phi) is 5.89. The zero-order chi connectivity index (χ0) is 33.5. The molecule has 0 spiro atoms. The maximum Gasteiger partial charge on any atom is 0.235 e. The normalized spacial score (nSPS) is 11.9. The second-order valence-corrected chi connectivity index (χ2v) is 13.0. The van der Waals surface area contributed by atoms with E-state index in [0.717, 1.165) is 77.5 Å². The van der Waals surface area contributed by atoms with E-state index in [-0.39, 0.29) is 0 Å². The number of hydrogen-bond acceptors (Lipinski definition) is 3. The van der Waals surface area contributed by atoms with Crippen molar-refractivity contribution in [2.75, 3.05) is 0 Å². The Balaban J connectivity index is 1.24. The van der Waals surface area contributed by atoms with Gasteiger partial charge in [-0.15, -0.1) is 0 Å². The minimum Gasteiger partial charge on any atom is -0.455 e. The lowest BCUT2D eigenvalue weighted by atomic mass is 10.0. The predicted octanol–water partition coefficient (Wildman–Crippen LogP) is 11.9. The number of furan rings is 1. The highest BCUT2D eigenvalue weighted by atomic mass is 16.3. The summed E-state index contributed by atoms with van der Waals surface area (Å²) in [5.74, 6) is 0.608. The van der Waals surface area contributed by atoms with Gasteiger partial charge in [0.2, 0.25) is 5.95 Å². The number of hydrogen-bond donors (Lipinski definition) is 0. The fourth-order valence-electron chi connectivity index (χ4n) is 7.88. The number of fused-ring (bicyclic) bond motifs is 9. The van der Waals surface area contributed by atoms with Gasteiger partial charge < -0.3 is 8.98 Å². The van der Waals surface area contributed by atoms with Crippen molar-refractivity contribution in [3.63, 3.8) is 0 Å². The third kappa shape index (κ3) is 4.15. The first kappa shape index (κ1) is 27.9. The summed E-state index contributed by atoms with van der Waals surface area (Å²) in [7, 11) is 0. The highest BCUT2D eigenvalue weighted by Crippen LogP contribution is 2.41. The van der Waals surface area contributed by atoms with E-state index >= 15 is 0 Å². The lowest BCUT2D eigenvalue weighted by Crippen LogP contribution is -2.04. The van der Waals surface area contributed by atoms with Crippen molar-refractivity contribution in [3.05, 3.63) is 170 Å². The van der Waals surface area contributed by atoms with Crippen LogP contribution < -0.4 is 0 Å². The first-order chi connectivity index (χ1) is 25.3. The van der Waals surface area contributed by atoms with Crippen molar-refractivity contribution in [2.24, 2.45) is 0 Å². The summed E-state index contributed by atoms with van der Waals surface area (Å²) in [6, 6.07) is 59.4. The maximum absolute atomic E-state index is 6.51. The van der Waals surface area contributed by atoms with Gasteiger partial charge in [-0.3, -0.25) is 4.57 Å². The summed E-state index contributed by atoms with van der Waals surface area (Å²) in [5, 5.41) is 6.83. The molecule has 51 heavy (non-hydrogen) atoms. The standard InChI is InChI=1S/C46H28N4O/c1-3-14-29(15-4-1)38-28-39(35-22-13-21-34-33-20-9-12-25-44(33)51-45(34)35)48-46(47-38)50-41-24-11-8-19-32(41)37-26-42-36(27-43(37)50)31-18-7-10-23-40(31)49(42)30-16-5-2-6-17-30/h1-28H. The Morgan fingerprint density at radius 1 is 0.392 bits per heavy atom. The van der Waals surface area contributed by atoms with Crippen LogP contribution in [0.25, 0.3) is 99.7 Å². The molecule has 0 unspecified atom stereocenters. The molecule has 11 rings (SSSR count). The number of para-hydroxylation sites is 5. The van der Waals surface area contributed by atoms with Gasteiger partial charge in [-0.1, -0.05) is 115 Å². The molecular weight excluding hydrogens is 625 g/mol. The second-order valence-electron chi connectivity index (χ2n) is 13.0. The summed E-state index contributed by atoms with van der Waals surface area (Å²) in [4.78, 5) is 10.7. The van der Waals surface area contributed by atoms with E-state index in [1.807, 2.05) is 18.2 Å². The van der Waals surface area contributed by atoms with Crippen LogP contribution in [-0.4, -0.2) is 19.1 Å². The van der Waals surface area contributed by atoms with E-state index < -0.39 is 0 Å². The Hall–Kier alpha value is -6.98. The number of rotatable bonds is 4. The van der Waals surface area contributed by atoms with Gasteiger partial charge >= 0.3 is 0 Å². The summed E-state index contributed by atoms with van der Waals surface area (Å²) >= 11 is 0. The lowest BCUT2D eigenvalue weighted by molar-refractivity contribution is 0.670. The summed E-state index contributed by atoms with van der Waals surface area (Å²) in [6.45, 7) is 0. The van der Waals surface area contributed by atoms with E-state index in [1.54, 1.807) is 0 Å². The highest BCUT2D eigenvalue weighted by Gasteiger charge is 2.21. The first-order valence-electron chi connectivity index (χ1n) is 17.2. The van der Waals surface area contributed by atoms with Crippen LogP contribution in [-0.2, 0) is 0 Å². The van der Waals surface area contributed by atoms with Crippen LogP contribution in [0.5, 0.6) is 0 Å². The minimum atomic E-state index is 0.608. The third-order valence-corrected chi connectivity index (χ3v) is 10.1. The molecule has 0 bridgehead atoms. The summed E-state index contributed by atoms with van der Waals surface area (Å²) < 4.78 is 11.1. The van der Waals surface area contributed by atoms with E-state index in [0.29, 0.717) is 5.95 Å². The van der Waals surface area contributed by atoms with Gasteiger partial charge in [0.1, 0.15) is 11.2 Å².